The van der Waals surface area contributed by atoms with E-state index in [1.54, 1.807) is 6.07 Å². The van der Waals surface area contributed by atoms with Gasteiger partial charge in [-0.25, -0.2) is 9.18 Å². The van der Waals surface area contributed by atoms with Gasteiger partial charge in [0.15, 0.2) is 0 Å². The van der Waals surface area contributed by atoms with E-state index in [2.05, 4.69) is 11.1 Å². The van der Waals surface area contributed by atoms with Gasteiger partial charge in [0.1, 0.15) is 29.9 Å². The minimum atomic E-state index is -1.50. The Morgan fingerprint density at radius 3 is 2.74 bits per heavy atom. The second-order valence-electron chi connectivity index (χ2n) is 6.54. The molecule has 4 N–H and O–H groups in total. The van der Waals surface area contributed by atoms with Crippen molar-refractivity contribution in [1.82, 2.24) is 9.55 Å². The van der Waals surface area contributed by atoms with Gasteiger partial charge in [0.25, 0.3) is 0 Å². The predicted octanol–water partition coefficient (Wildman–Crippen LogP) is 1.52. The van der Waals surface area contributed by atoms with Gasteiger partial charge in [-0.1, -0.05) is 36.4 Å². The maximum absolute atomic E-state index is 15.0. The summed E-state index contributed by atoms with van der Waals surface area (Å²) in [4.78, 5) is 15.6. The van der Waals surface area contributed by atoms with Gasteiger partial charge in [0.05, 0.1) is 0 Å². The van der Waals surface area contributed by atoms with Crippen LogP contribution in [-0.2, 0) is 6.42 Å². The molecule has 0 saturated heterocycles. The number of aromatic nitrogens is 2. The standard InChI is InChI=1S/C20H17FN3O3/c21-16-14(10-11-5-6-12-3-1-2-4-13(12)9-11)18(25)19(26)17(16)24-8-7-15(22)23-20(24)27/h1-8,17-19,25-26H,10H2,(H2,22,23,27)/t17?,18-,19+/m1/s1. The molecule has 0 spiro atoms. The molecule has 0 bridgehead atoms. The van der Waals surface area contributed by atoms with Gasteiger partial charge in [-0.2, -0.15) is 4.98 Å². The molecule has 0 aliphatic heterocycles. The molecule has 1 aromatic heterocycles. The van der Waals surface area contributed by atoms with E-state index in [1.807, 2.05) is 30.3 Å². The first-order valence-electron chi connectivity index (χ1n) is 8.45. The third-order valence-electron chi connectivity index (χ3n) is 4.82. The largest absolute Gasteiger partial charge is 0.387 e. The highest BCUT2D eigenvalue weighted by atomic mass is 19.1. The molecule has 7 heteroatoms. The molecule has 0 saturated carbocycles. The molecule has 3 aromatic rings. The number of aliphatic hydroxyl groups is 2. The van der Waals surface area contributed by atoms with E-state index in [-0.39, 0.29) is 17.8 Å². The molecule has 1 heterocycles. The second kappa shape index (κ2) is 6.61. The maximum Gasteiger partial charge on any atom is 0.350 e. The number of nitrogen functional groups attached to an aromatic ring is 1. The molecule has 1 aliphatic carbocycles. The summed E-state index contributed by atoms with van der Waals surface area (Å²) >= 11 is 0. The van der Waals surface area contributed by atoms with E-state index in [1.165, 1.54) is 12.3 Å². The summed E-state index contributed by atoms with van der Waals surface area (Å²) in [6, 6.07) is 14.5. The van der Waals surface area contributed by atoms with Gasteiger partial charge in [0.2, 0.25) is 0 Å². The zero-order chi connectivity index (χ0) is 19.1. The van der Waals surface area contributed by atoms with E-state index in [0.29, 0.717) is 5.56 Å². The number of benzene rings is 2. The Bertz CT molecular complexity index is 1110. The van der Waals surface area contributed by atoms with Crippen LogP contribution in [0.2, 0.25) is 0 Å². The Kier molecular flexibility index (Phi) is 4.25. The Hall–Kier alpha value is -3.03. The Balaban J connectivity index is 1.72. The van der Waals surface area contributed by atoms with E-state index in [4.69, 9.17) is 5.73 Å². The first-order chi connectivity index (χ1) is 13.0. The molecule has 0 fully saturated rings. The lowest BCUT2D eigenvalue weighted by atomic mass is 9.99. The van der Waals surface area contributed by atoms with Gasteiger partial charge >= 0.3 is 5.69 Å². The summed E-state index contributed by atoms with van der Waals surface area (Å²) < 4.78 is 16.0. The van der Waals surface area contributed by atoms with Crippen molar-refractivity contribution in [1.29, 1.82) is 0 Å². The lowest BCUT2D eigenvalue weighted by Crippen LogP contribution is -2.36. The summed E-state index contributed by atoms with van der Waals surface area (Å²) in [6.45, 7) is 0. The van der Waals surface area contributed by atoms with Crippen LogP contribution in [0.15, 0.2) is 64.9 Å². The first kappa shape index (κ1) is 17.4. The van der Waals surface area contributed by atoms with Gasteiger partial charge in [-0.3, -0.25) is 4.57 Å². The summed E-state index contributed by atoms with van der Waals surface area (Å²) in [5.41, 5.74) is 5.36. The molecular weight excluding hydrogens is 349 g/mol. The number of hydrogen-bond acceptors (Lipinski definition) is 5. The number of aliphatic hydroxyl groups excluding tert-OH is 2. The molecule has 1 unspecified atom stereocenters. The van der Waals surface area contributed by atoms with Crippen LogP contribution < -0.4 is 11.4 Å². The van der Waals surface area contributed by atoms with Crippen LogP contribution in [0.3, 0.4) is 0 Å². The van der Waals surface area contributed by atoms with Crippen LogP contribution >= 0.6 is 0 Å². The number of fused-ring (bicyclic) bond motifs is 1. The third kappa shape index (κ3) is 3.01. The van der Waals surface area contributed by atoms with Crippen molar-refractivity contribution in [2.75, 3.05) is 5.73 Å². The minimum Gasteiger partial charge on any atom is -0.387 e. The second-order valence-corrected chi connectivity index (χ2v) is 6.54. The predicted molar refractivity (Wildman–Crippen MR) is 98.6 cm³/mol. The number of nitrogens with zero attached hydrogens (tertiary/aromatic N) is 2. The molecular formula is C20H17FN3O3. The SMILES string of the molecule is Nc1ccn(C2C(F)=C(Cc3[c]c4ccccc4cc3)[C@@H](O)[C@H]2O)c(=O)n1. The van der Waals surface area contributed by atoms with E-state index in [0.717, 1.165) is 15.3 Å². The van der Waals surface area contributed by atoms with Crippen LogP contribution in [0.4, 0.5) is 10.2 Å². The highest BCUT2D eigenvalue weighted by Crippen LogP contribution is 2.38. The van der Waals surface area contributed by atoms with Crippen LogP contribution in [0, 0.1) is 6.07 Å². The number of anilines is 1. The van der Waals surface area contributed by atoms with Crippen LogP contribution in [0.5, 0.6) is 0 Å². The monoisotopic (exact) mass is 366 g/mol. The van der Waals surface area contributed by atoms with E-state index >= 15 is 4.39 Å². The van der Waals surface area contributed by atoms with E-state index in [9.17, 15) is 15.0 Å². The topological polar surface area (TPSA) is 101 Å². The number of nitrogens with two attached hydrogens (primary N) is 1. The van der Waals surface area contributed by atoms with Gasteiger partial charge in [-0.15, -0.1) is 0 Å². The summed E-state index contributed by atoms with van der Waals surface area (Å²) in [6.07, 6.45) is -1.60. The van der Waals surface area contributed by atoms with Crippen LogP contribution in [0.1, 0.15) is 11.6 Å². The summed E-state index contributed by atoms with van der Waals surface area (Å²) in [5, 5.41) is 22.6. The van der Waals surface area contributed by atoms with Crippen molar-refractivity contribution in [3.8, 4) is 0 Å². The highest BCUT2D eigenvalue weighted by Gasteiger charge is 2.43. The van der Waals surface area contributed by atoms with E-state index < -0.39 is 29.8 Å². The molecule has 0 amide bonds. The summed E-state index contributed by atoms with van der Waals surface area (Å²) in [5.74, 6) is -0.745. The zero-order valence-corrected chi connectivity index (χ0v) is 14.2. The fourth-order valence-corrected chi connectivity index (χ4v) is 3.44. The molecule has 27 heavy (non-hydrogen) atoms. The average Bonchev–Trinajstić information content (AvgIpc) is 2.86. The quantitative estimate of drug-likeness (QED) is 0.652. The molecule has 4 rings (SSSR count). The smallest absolute Gasteiger partial charge is 0.350 e. The number of halogens is 1. The van der Waals surface area contributed by atoms with Gasteiger partial charge in [0, 0.05) is 6.20 Å². The first-order valence-corrected chi connectivity index (χ1v) is 8.45. The van der Waals surface area contributed by atoms with Crippen molar-refractivity contribution in [3.63, 3.8) is 0 Å². The molecule has 2 aromatic carbocycles. The fourth-order valence-electron chi connectivity index (χ4n) is 3.44. The normalized spacial score (nSPS) is 22.6. The van der Waals surface area contributed by atoms with Crippen molar-refractivity contribution >= 4 is 16.6 Å². The minimum absolute atomic E-state index is 0.000315. The van der Waals surface area contributed by atoms with Gasteiger partial charge in [-0.05, 0) is 40.5 Å². The molecule has 1 aliphatic rings. The molecule has 1 radical (unpaired) electrons. The molecule has 3 atom stereocenters. The highest BCUT2D eigenvalue weighted by molar-refractivity contribution is 5.82. The van der Waals surface area contributed by atoms with Crippen molar-refractivity contribution in [3.05, 3.63) is 82.2 Å². The molecule has 137 valence electrons. The molecule has 6 nitrogen and oxygen atoms in total. The van der Waals surface area contributed by atoms with Crippen LogP contribution in [0.25, 0.3) is 10.8 Å². The fraction of sp³-hybridized carbons (Fsp3) is 0.200. The Morgan fingerprint density at radius 2 is 1.96 bits per heavy atom. The summed E-state index contributed by atoms with van der Waals surface area (Å²) in [7, 11) is 0. The van der Waals surface area contributed by atoms with Crippen molar-refractivity contribution in [2.24, 2.45) is 0 Å². The number of rotatable bonds is 3. The third-order valence-corrected chi connectivity index (χ3v) is 4.82. The number of hydrogen-bond donors (Lipinski definition) is 3. The lowest BCUT2D eigenvalue weighted by Gasteiger charge is -2.19. The Labute approximate surface area is 154 Å². The Morgan fingerprint density at radius 1 is 1.19 bits per heavy atom. The van der Waals surface area contributed by atoms with Crippen LogP contribution in [-0.4, -0.2) is 32.0 Å². The van der Waals surface area contributed by atoms with Crippen molar-refractivity contribution in [2.45, 2.75) is 24.7 Å². The maximum atomic E-state index is 15.0. The average molecular weight is 366 g/mol. The zero-order valence-electron chi connectivity index (χ0n) is 14.2. The van der Waals surface area contributed by atoms with Gasteiger partial charge < -0.3 is 15.9 Å². The lowest BCUT2D eigenvalue weighted by molar-refractivity contribution is 0.0272. The van der Waals surface area contributed by atoms with Crippen molar-refractivity contribution < 1.29 is 14.6 Å².